The van der Waals surface area contributed by atoms with E-state index in [1.54, 1.807) is 23.2 Å². The van der Waals surface area contributed by atoms with Crippen molar-refractivity contribution in [1.82, 2.24) is 14.5 Å². The molecular formula is C11H11N5. The molecule has 0 fully saturated rings. The summed E-state index contributed by atoms with van der Waals surface area (Å²) in [5.74, 6) is 0.343. The van der Waals surface area contributed by atoms with E-state index in [0.29, 0.717) is 5.82 Å². The van der Waals surface area contributed by atoms with Gasteiger partial charge in [0.2, 0.25) is 5.82 Å². The van der Waals surface area contributed by atoms with Crippen LogP contribution in [0.4, 0.5) is 0 Å². The van der Waals surface area contributed by atoms with Crippen molar-refractivity contribution >= 4 is 0 Å². The molecule has 0 aliphatic heterocycles. The highest BCUT2D eigenvalue weighted by Crippen LogP contribution is 2.12. The molecule has 2 aromatic rings. The van der Waals surface area contributed by atoms with Gasteiger partial charge in [0, 0.05) is 18.4 Å². The predicted octanol–water partition coefficient (Wildman–Crippen LogP) is 1.16. The van der Waals surface area contributed by atoms with Crippen LogP contribution in [0.1, 0.15) is 24.5 Å². The van der Waals surface area contributed by atoms with Crippen molar-refractivity contribution < 1.29 is 0 Å². The molecule has 0 bridgehead atoms. The zero-order valence-corrected chi connectivity index (χ0v) is 8.83. The molecule has 2 N–H and O–H groups in total. The summed E-state index contributed by atoms with van der Waals surface area (Å²) >= 11 is 0. The predicted molar refractivity (Wildman–Crippen MR) is 58.7 cm³/mol. The molecular weight excluding hydrogens is 202 g/mol. The smallest absolute Gasteiger partial charge is 0.217 e. The molecule has 0 radical (unpaired) electrons. The summed E-state index contributed by atoms with van der Waals surface area (Å²) in [7, 11) is 0. The molecule has 0 aromatic carbocycles. The number of nitriles is 1. The fourth-order valence-corrected chi connectivity index (χ4v) is 1.40. The molecule has 2 rings (SSSR count). The van der Waals surface area contributed by atoms with E-state index in [1.165, 1.54) is 0 Å². The lowest BCUT2D eigenvalue weighted by molar-refractivity contribution is 0.778. The monoisotopic (exact) mass is 213 g/mol. The van der Waals surface area contributed by atoms with Crippen molar-refractivity contribution in [2.75, 3.05) is 0 Å². The van der Waals surface area contributed by atoms with Gasteiger partial charge >= 0.3 is 0 Å². The maximum Gasteiger partial charge on any atom is 0.217 e. The van der Waals surface area contributed by atoms with Gasteiger partial charge in [0.25, 0.3) is 0 Å². The summed E-state index contributed by atoms with van der Waals surface area (Å²) in [4.78, 5) is 8.14. The van der Waals surface area contributed by atoms with Gasteiger partial charge in [-0.3, -0.25) is 9.55 Å². The number of nitrogens with two attached hydrogens (primary N) is 1. The second-order valence-electron chi connectivity index (χ2n) is 3.46. The average Bonchev–Trinajstić information content (AvgIpc) is 2.77. The zero-order valence-electron chi connectivity index (χ0n) is 8.83. The van der Waals surface area contributed by atoms with E-state index in [0.717, 1.165) is 11.4 Å². The van der Waals surface area contributed by atoms with E-state index < -0.39 is 0 Å². The first-order chi connectivity index (χ1) is 7.72. The van der Waals surface area contributed by atoms with Gasteiger partial charge in [-0.15, -0.1) is 0 Å². The van der Waals surface area contributed by atoms with Gasteiger partial charge in [0.05, 0.1) is 17.6 Å². The van der Waals surface area contributed by atoms with Crippen molar-refractivity contribution in [3.05, 3.63) is 42.2 Å². The van der Waals surface area contributed by atoms with Crippen LogP contribution in [0.15, 0.2) is 30.7 Å². The maximum absolute atomic E-state index is 8.84. The van der Waals surface area contributed by atoms with Crippen LogP contribution < -0.4 is 5.73 Å². The third-order valence-corrected chi connectivity index (χ3v) is 2.26. The minimum Gasteiger partial charge on any atom is -0.323 e. The Hall–Kier alpha value is -2.19. The lowest BCUT2D eigenvalue weighted by atomic mass is 10.2. The van der Waals surface area contributed by atoms with Gasteiger partial charge in [-0.1, -0.05) is 0 Å². The Morgan fingerprint density at radius 1 is 1.44 bits per heavy atom. The number of nitrogens with zero attached hydrogens (tertiary/aromatic N) is 4. The van der Waals surface area contributed by atoms with Crippen LogP contribution in [-0.4, -0.2) is 14.5 Å². The van der Waals surface area contributed by atoms with Crippen molar-refractivity contribution in [2.24, 2.45) is 5.73 Å². The van der Waals surface area contributed by atoms with E-state index in [1.807, 2.05) is 25.1 Å². The molecule has 0 saturated heterocycles. The number of pyridine rings is 1. The van der Waals surface area contributed by atoms with Crippen LogP contribution in [0.2, 0.25) is 0 Å². The molecule has 80 valence electrons. The highest BCUT2D eigenvalue weighted by Gasteiger charge is 2.05. The zero-order chi connectivity index (χ0) is 11.5. The van der Waals surface area contributed by atoms with E-state index >= 15 is 0 Å². The fourth-order valence-electron chi connectivity index (χ4n) is 1.40. The molecule has 0 amide bonds. The third-order valence-electron chi connectivity index (χ3n) is 2.26. The summed E-state index contributed by atoms with van der Waals surface area (Å²) in [5.41, 5.74) is 7.33. The SMILES string of the molecule is CC(N)c1ccc(-n2ccnc2C#N)cn1. The summed E-state index contributed by atoms with van der Waals surface area (Å²) in [6, 6.07) is 5.64. The lowest BCUT2D eigenvalue weighted by Gasteiger charge is -2.06. The minimum absolute atomic E-state index is 0.0905. The Bertz CT molecular complexity index is 518. The van der Waals surface area contributed by atoms with Crippen molar-refractivity contribution in [3.63, 3.8) is 0 Å². The molecule has 16 heavy (non-hydrogen) atoms. The largest absolute Gasteiger partial charge is 0.323 e. The number of rotatable bonds is 2. The first-order valence-corrected chi connectivity index (χ1v) is 4.87. The number of hydrogen-bond acceptors (Lipinski definition) is 4. The molecule has 2 heterocycles. The Balaban J connectivity index is 2.39. The number of aromatic nitrogens is 3. The van der Waals surface area contributed by atoms with Gasteiger partial charge in [0.15, 0.2) is 0 Å². The van der Waals surface area contributed by atoms with Crippen molar-refractivity contribution in [2.45, 2.75) is 13.0 Å². The van der Waals surface area contributed by atoms with Crippen molar-refractivity contribution in [3.8, 4) is 11.8 Å². The van der Waals surface area contributed by atoms with Gasteiger partial charge in [-0.05, 0) is 19.1 Å². The Morgan fingerprint density at radius 2 is 2.25 bits per heavy atom. The van der Waals surface area contributed by atoms with Gasteiger partial charge in [0.1, 0.15) is 6.07 Å². The quantitative estimate of drug-likeness (QED) is 0.811. The molecule has 0 aliphatic rings. The number of imidazole rings is 1. The molecule has 0 aliphatic carbocycles. The molecule has 1 unspecified atom stereocenters. The maximum atomic E-state index is 8.84. The average molecular weight is 213 g/mol. The van der Waals surface area contributed by atoms with E-state index in [-0.39, 0.29) is 6.04 Å². The van der Waals surface area contributed by atoms with Crippen LogP contribution in [-0.2, 0) is 0 Å². The summed E-state index contributed by atoms with van der Waals surface area (Å²) in [5, 5.41) is 8.84. The first kappa shape index (κ1) is 10.3. The third kappa shape index (κ3) is 1.78. The highest BCUT2D eigenvalue weighted by atomic mass is 15.1. The Morgan fingerprint density at radius 3 is 2.81 bits per heavy atom. The molecule has 2 aromatic heterocycles. The molecule has 0 spiro atoms. The number of hydrogen-bond donors (Lipinski definition) is 1. The highest BCUT2D eigenvalue weighted by molar-refractivity contribution is 5.34. The summed E-state index contributed by atoms with van der Waals surface area (Å²) in [6.45, 7) is 1.87. The van der Waals surface area contributed by atoms with E-state index in [2.05, 4.69) is 9.97 Å². The normalized spacial score (nSPS) is 12.1. The second kappa shape index (κ2) is 4.13. The van der Waals surface area contributed by atoms with E-state index in [4.69, 9.17) is 11.0 Å². The molecule has 5 heteroatoms. The topological polar surface area (TPSA) is 80.5 Å². The van der Waals surface area contributed by atoms with Crippen LogP contribution >= 0.6 is 0 Å². The van der Waals surface area contributed by atoms with Gasteiger partial charge in [-0.25, -0.2) is 4.98 Å². The Kier molecular flexibility index (Phi) is 2.66. The lowest BCUT2D eigenvalue weighted by Crippen LogP contribution is -2.07. The summed E-state index contributed by atoms with van der Waals surface area (Å²) < 4.78 is 1.68. The Labute approximate surface area is 93.2 Å². The molecule has 0 saturated carbocycles. The van der Waals surface area contributed by atoms with Crippen LogP contribution in [0.5, 0.6) is 0 Å². The van der Waals surface area contributed by atoms with Crippen LogP contribution in [0, 0.1) is 11.3 Å². The second-order valence-corrected chi connectivity index (χ2v) is 3.46. The summed E-state index contributed by atoms with van der Waals surface area (Å²) in [6.07, 6.45) is 4.99. The molecule has 1 atom stereocenters. The fraction of sp³-hybridized carbons (Fsp3) is 0.182. The first-order valence-electron chi connectivity index (χ1n) is 4.87. The molecule has 5 nitrogen and oxygen atoms in total. The van der Waals surface area contributed by atoms with Gasteiger partial charge in [-0.2, -0.15) is 5.26 Å². The van der Waals surface area contributed by atoms with Gasteiger partial charge < -0.3 is 5.73 Å². The van der Waals surface area contributed by atoms with E-state index in [9.17, 15) is 0 Å². The minimum atomic E-state index is -0.0905. The van der Waals surface area contributed by atoms with Crippen molar-refractivity contribution in [1.29, 1.82) is 5.26 Å². The standard InChI is InChI=1S/C11H11N5/c1-8(13)10-3-2-9(7-15-10)16-5-4-14-11(16)6-12/h2-5,7-8H,13H2,1H3. The van der Waals surface area contributed by atoms with Crippen LogP contribution in [0.25, 0.3) is 5.69 Å². The van der Waals surface area contributed by atoms with Crippen LogP contribution in [0.3, 0.4) is 0 Å².